The number of sulfonamides is 1. The number of benzene rings is 3. The Morgan fingerprint density at radius 2 is 1.65 bits per heavy atom. The molecule has 1 atom stereocenters. The van der Waals surface area contributed by atoms with Gasteiger partial charge in [0.15, 0.2) is 0 Å². The molecule has 10 nitrogen and oxygen atoms in total. The van der Waals surface area contributed by atoms with Gasteiger partial charge in [-0.2, -0.15) is 0 Å². The summed E-state index contributed by atoms with van der Waals surface area (Å²) in [6.45, 7) is 4.17. The lowest BCUT2D eigenvalue weighted by molar-refractivity contribution is -0.384. The number of nitrogens with one attached hydrogen (secondary N) is 1. The van der Waals surface area contributed by atoms with Crippen molar-refractivity contribution >= 4 is 56.4 Å². The van der Waals surface area contributed by atoms with E-state index in [0.29, 0.717) is 10.6 Å². The summed E-state index contributed by atoms with van der Waals surface area (Å²) in [4.78, 5) is 38.7. The third-order valence-electron chi connectivity index (χ3n) is 5.89. The molecule has 1 N–H and O–H groups in total. The summed E-state index contributed by atoms with van der Waals surface area (Å²) in [6.07, 6.45) is 0. The van der Waals surface area contributed by atoms with Gasteiger partial charge in [0.05, 0.1) is 15.5 Å². The molecule has 0 heterocycles. The second-order valence-electron chi connectivity index (χ2n) is 9.20. The van der Waals surface area contributed by atoms with Crippen LogP contribution >= 0.6 is 23.2 Å². The molecule has 13 heteroatoms. The Hall–Kier alpha value is -3.67. The molecule has 40 heavy (non-hydrogen) atoms. The van der Waals surface area contributed by atoms with Gasteiger partial charge in [-0.1, -0.05) is 53.5 Å². The van der Waals surface area contributed by atoms with Gasteiger partial charge >= 0.3 is 0 Å². The van der Waals surface area contributed by atoms with Gasteiger partial charge in [0, 0.05) is 34.8 Å². The Labute approximate surface area is 242 Å². The average Bonchev–Trinajstić information content (AvgIpc) is 2.90. The summed E-state index contributed by atoms with van der Waals surface area (Å²) in [5, 5.41) is 14.8. The Morgan fingerprint density at radius 3 is 2.25 bits per heavy atom. The van der Waals surface area contributed by atoms with Crippen molar-refractivity contribution in [2.75, 3.05) is 10.8 Å². The van der Waals surface area contributed by atoms with Crippen LogP contribution in [0, 0.1) is 10.1 Å². The van der Waals surface area contributed by atoms with E-state index < -0.39 is 39.3 Å². The molecule has 0 saturated heterocycles. The van der Waals surface area contributed by atoms with Crippen molar-refractivity contribution in [3.05, 3.63) is 98.5 Å². The van der Waals surface area contributed by atoms with Crippen molar-refractivity contribution in [2.24, 2.45) is 0 Å². The zero-order chi connectivity index (χ0) is 29.6. The van der Waals surface area contributed by atoms with Crippen LogP contribution in [-0.2, 0) is 26.2 Å². The zero-order valence-corrected chi connectivity index (χ0v) is 24.3. The number of carbonyl (C=O) groups is 2. The smallest absolute Gasteiger partial charge is 0.271 e. The molecule has 3 aromatic rings. The molecule has 0 aliphatic carbocycles. The maximum atomic E-state index is 13.9. The molecule has 0 fully saturated rings. The number of nitrogens with zero attached hydrogens (tertiary/aromatic N) is 3. The summed E-state index contributed by atoms with van der Waals surface area (Å²) < 4.78 is 28.3. The van der Waals surface area contributed by atoms with Crippen LogP contribution < -0.4 is 9.62 Å². The maximum Gasteiger partial charge on any atom is 0.271 e. The minimum absolute atomic E-state index is 0.0878. The fraction of sp³-hybridized carbons (Fsp3) is 0.259. The van der Waals surface area contributed by atoms with E-state index >= 15 is 0 Å². The normalized spacial score (nSPS) is 12.1. The number of non-ortho nitro benzene ring substituents is 1. The van der Waals surface area contributed by atoms with Crippen LogP contribution in [0.1, 0.15) is 26.3 Å². The zero-order valence-electron chi connectivity index (χ0n) is 22.0. The summed E-state index contributed by atoms with van der Waals surface area (Å²) in [7, 11) is -4.36. The lowest BCUT2D eigenvalue weighted by atomic mass is 10.1. The molecule has 3 rings (SSSR count). The predicted octanol–water partition coefficient (Wildman–Crippen LogP) is 5.04. The predicted molar refractivity (Wildman–Crippen MR) is 154 cm³/mol. The first kappa shape index (κ1) is 30.9. The molecular weight excluding hydrogens is 579 g/mol. The van der Waals surface area contributed by atoms with E-state index in [4.69, 9.17) is 23.2 Å². The lowest BCUT2D eigenvalue weighted by Gasteiger charge is -2.32. The second kappa shape index (κ2) is 13.1. The van der Waals surface area contributed by atoms with Crippen LogP contribution in [0.4, 0.5) is 11.4 Å². The highest BCUT2D eigenvalue weighted by Crippen LogP contribution is 2.28. The van der Waals surface area contributed by atoms with E-state index in [1.807, 2.05) is 0 Å². The molecule has 0 radical (unpaired) electrons. The monoisotopic (exact) mass is 606 g/mol. The number of nitro groups is 1. The molecule has 0 aliphatic rings. The third-order valence-corrected chi connectivity index (χ3v) is 8.27. The minimum atomic E-state index is -4.36. The van der Waals surface area contributed by atoms with Gasteiger partial charge in [-0.25, -0.2) is 8.42 Å². The Kier molecular flexibility index (Phi) is 10.1. The molecule has 0 saturated carbocycles. The second-order valence-corrected chi connectivity index (χ2v) is 11.9. The van der Waals surface area contributed by atoms with Crippen LogP contribution in [0.15, 0.2) is 77.7 Å². The topological polar surface area (TPSA) is 130 Å². The van der Waals surface area contributed by atoms with Crippen LogP contribution in [-0.4, -0.2) is 48.7 Å². The van der Waals surface area contributed by atoms with Crippen molar-refractivity contribution < 1.29 is 22.9 Å². The van der Waals surface area contributed by atoms with Crippen molar-refractivity contribution in [3.8, 4) is 0 Å². The minimum Gasteiger partial charge on any atom is -0.352 e. The quantitative estimate of drug-likeness (QED) is 0.240. The van der Waals surface area contributed by atoms with E-state index in [9.17, 15) is 28.1 Å². The van der Waals surface area contributed by atoms with Crippen LogP contribution in [0.3, 0.4) is 0 Å². The number of carbonyl (C=O) groups excluding carboxylic acids is 2. The lowest BCUT2D eigenvalue weighted by Crippen LogP contribution is -2.52. The molecule has 0 aliphatic heterocycles. The number of hydrogen-bond acceptors (Lipinski definition) is 6. The van der Waals surface area contributed by atoms with Gasteiger partial charge in [0.2, 0.25) is 11.8 Å². The van der Waals surface area contributed by atoms with Crippen LogP contribution in [0.25, 0.3) is 0 Å². The first-order valence-electron chi connectivity index (χ1n) is 12.2. The number of anilines is 1. The molecular formula is C27H28Cl2N4O6S. The van der Waals surface area contributed by atoms with Crippen LogP contribution in [0.5, 0.6) is 0 Å². The highest BCUT2D eigenvalue weighted by atomic mass is 35.5. The van der Waals surface area contributed by atoms with E-state index in [1.54, 1.807) is 32.0 Å². The molecule has 0 bridgehead atoms. The maximum absolute atomic E-state index is 13.9. The van der Waals surface area contributed by atoms with Crippen LogP contribution in [0.2, 0.25) is 10.0 Å². The molecule has 3 aromatic carbocycles. The van der Waals surface area contributed by atoms with Gasteiger partial charge in [0.1, 0.15) is 12.6 Å². The average molecular weight is 608 g/mol. The van der Waals surface area contributed by atoms with E-state index in [1.165, 1.54) is 60.4 Å². The highest BCUT2D eigenvalue weighted by molar-refractivity contribution is 7.92. The first-order valence-corrected chi connectivity index (χ1v) is 14.4. The van der Waals surface area contributed by atoms with Gasteiger partial charge in [-0.3, -0.25) is 24.0 Å². The number of hydrogen-bond donors (Lipinski definition) is 1. The summed E-state index contributed by atoms with van der Waals surface area (Å²) in [5.41, 5.74) is 0.0410. The van der Waals surface area contributed by atoms with Gasteiger partial charge in [0.25, 0.3) is 15.7 Å². The molecule has 0 unspecified atom stereocenters. The Morgan fingerprint density at radius 1 is 0.975 bits per heavy atom. The molecule has 0 aromatic heterocycles. The SMILES string of the molecule is CC(C)NC(=O)[C@@H](C)N(Cc1ccc(Cl)cc1Cl)C(=O)CN(c1cccc([N+](=O)[O-])c1)S(=O)(=O)c1ccccc1. The highest BCUT2D eigenvalue weighted by Gasteiger charge is 2.33. The number of amides is 2. The molecule has 212 valence electrons. The number of nitro benzene ring substituents is 1. The molecule has 2 amide bonds. The Bertz CT molecular complexity index is 1500. The van der Waals surface area contributed by atoms with E-state index in [0.717, 1.165) is 10.4 Å². The Balaban J connectivity index is 2.08. The van der Waals surface area contributed by atoms with Crippen molar-refractivity contribution in [1.29, 1.82) is 0 Å². The fourth-order valence-corrected chi connectivity index (χ4v) is 5.73. The van der Waals surface area contributed by atoms with E-state index in [2.05, 4.69) is 5.32 Å². The standard InChI is InChI=1S/C27H28Cl2N4O6S/c1-18(2)30-27(35)19(3)31(16-20-12-13-21(28)14-25(20)29)26(34)17-32(22-8-7-9-23(15-22)33(36)37)40(38,39)24-10-5-4-6-11-24/h4-15,18-19H,16-17H2,1-3H3,(H,30,35)/t19-/m1/s1. The largest absolute Gasteiger partial charge is 0.352 e. The third kappa shape index (κ3) is 7.50. The van der Waals surface area contributed by atoms with Crippen molar-refractivity contribution in [3.63, 3.8) is 0 Å². The van der Waals surface area contributed by atoms with Crippen molar-refractivity contribution in [1.82, 2.24) is 10.2 Å². The summed E-state index contributed by atoms with van der Waals surface area (Å²) in [5.74, 6) is -1.19. The first-order chi connectivity index (χ1) is 18.8. The van der Waals surface area contributed by atoms with Gasteiger partial charge in [-0.05, 0) is 56.7 Å². The number of rotatable bonds is 11. The van der Waals surface area contributed by atoms with Gasteiger partial charge < -0.3 is 10.2 Å². The molecule has 0 spiro atoms. The van der Waals surface area contributed by atoms with Crippen molar-refractivity contribution in [2.45, 2.75) is 44.3 Å². The summed E-state index contributed by atoms with van der Waals surface area (Å²) >= 11 is 12.4. The fourth-order valence-electron chi connectivity index (χ4n) is 3.83. The summed E-state index contributed by atoms with van der Waals surface area (Å²) in [6, 6.07) is 15.8. The van der Waals surface area contributed by atoms with Gasteiger partial charge in [-0.15, -0.1) is 0 Å². The van der Waals surface area contributed by atoms with E-state index in [-0.39, 0.29) is 33.9 Å². The number of halogens is 2.